The van der Waals surface area contributed by atoms with Gasteiger partial charge in [-0.25, -0.2) is 12.9 Å². The molecule has 10 heteroatoms. The zero-order valence-electron chi connectivity index (χ0n) is 21.0. The second-order valence-corrected chi connectivity index (χ2v) is 11.0. The molecule has 2 amide bonds. The lowest BCUT2D eigenvalue weighted by Crippen LogP contribution is -2.37. The van der Waals surface area contributed by atoms with Crippen molar-refractivity contribution in [2.45, 2.75) is 51.0 Å². The van der Waals surface area contributed by atoms with Crippen LogP contribution in [0.4, 0.5) is 0 Å². The van der Waals surface area contributed by atoms with E-state index in [9.17, 15) is 18.0 Å². The number of hydrogen-bond donors (Lipinski definition) is 1. The van der Waals surface area contributed by atoms with Crippen LogP contribution in [0.3, 0.4) is 0 Å². The summed E-state index contributed by atoms with van der Waals surface area (Å²) in [6.45, 7) is 7.86. The highest BCUT2D eigenvalue weighted by molar-refractivity contribution is 7.89. The van der Waals surface area contributed by atoms with Crippen LogP contribution in [0.25, 0.3) is 5.52 Å². The highest BCUT2D eigenvalue weighted by atomic mass is 32.2. The minimum atomic E-state index is -3.59. The molecular weight excluding hydrogens is 478 g/mol. The van der Waals surface area contributed by atoms with Crippen molar-refractivity contribution in [3.05, 3.63) is 65.5 Å². The Kier molecular flexibility index (Phi) is 7.75. The molecule has 0 unspecified atom stereocenters. The van der Waals surface area contributed by atoms with E-state index in [1.54, 1.807) is 44.2 Å². The van der Waals surface area contributed by atoms with Gasteiger partial charge in [0.05, 0.1) is 22.2 Å². The maximum absolute atomic E-state index is 13.2. The number of benzene rings is 1. The molecule has 0 saturated carbocycles. The average Bonchev–Trinajstić information content (AvgIpc) is 3.32. The molecule has 2 aromatic heterocycles. The summed E-state index contributed by atoms with van der Waals surface area (Å²) in [5.41, 5.74) is 3.30. The topological polar surface area (TPSA) is 104 Å². The lowest BCUT2D eigenvalue weighted by atomic mass is 9.90. The SMILES string of the molecule is CCN(CC)C(=O)c1cnn2ccc(C3CCN(S(=O)(=O)c4ccc(CNC(C)=O)cc4)CC3)cc12. The molecule has 9 nitrogen and oxygen atoms in total. The van der Waals surface area contributed by atoms with Gasteiger partial charge in [-0.15, -0.1) is 0 Å². The summed E-state index contributed by atoms with van der Waals surface area (Å²) in [6.07, 6.45) is 4.89. The van der Waals surface area contributed by atoms with Crippen molar-refractivity contribution < 1.29 is 18.0 Å². The minimum absolute atomic E-state index is 0.0313. The fourth-order valence-electron chi connectivity index (χ4n) is 4.68. The van der Waals surface area contributed by atoms with E-state index in [0.29, 0.717) is 51.1 Å². The molecule has 3 aromatic rings. The van der Waals surface area contributed by atoms with Crippen molar-refractivity contribution in [1.29, 1.82) is 0 Å². The fourth-order valence-corrected chi connectivity index (χ4v) is 6.15. The van der Waals surface area contributed by atoms with E-state index < -0.39 is 10.0 Å². The number of hydrogen-bond acceptors (Lipinski definition) is 5. The van der Waals surface area contributed by atoms with Crippen molar-refractivity contribution in [3.8, 4) is 0 Å². The number of carbonyl (C=O) groups excluding carboxylic acids is 2. The molecule has 4 rings (SSSR count). The zero-order valence-corrected chi connectivity index (χ0v) is 21.8. The summed E-state index contributed by atoms with van der Waals surface area (Å²) >= 11 is 0. The number of piperidine rings is 1. The highest BCUT2D eigenvalue weighted by Gasteiger charge is 2.30. The van der Waals surface area contributed by atoms with Gasteiger partial charge >= 0.3 is 0 Å². The molecule has 0 aliphatic carbocycles. The lowest BCUT2D eigenvalue weighted by Gasteiger charge is -2.31. The monoisotopic (exact) mass is 511 g/mol. The number of carbonyl (C=O) groups is 2. The van der Waals surface area contributed by atoms with Gasteiger partial charge in [0.1, 0.15) is 0 Å². The Hall–Kier alpha value is -3.24. The van der Waals surface area contributed by atoms with Crippen LogP contribution in [0.15, 0.2) is 53.7 Å². The van der Waals surface area contributed by atoms with E-state index >= 15 is 0 Å². The average molecular weight is 512 g/mol. The first-order valence-corrected chi connectivity index (χ1v) is 13.8. The van der Waals surface area contributed by atoms with Gasteiger partial charge in [0.25, 0.3) is 5.91 Å². The normalized spacial score (nSPS) is 15.2. The molecule has 192 valence electrons. The molecule has 1 N–H and O–H groups in total. The summed E-state index contributed by atoms with van der Waals surface area (Å²) in [7, 11) is -3.59. The number of sulfonamides is 1. The third kappa shape index (κ3) is 5.29. The lowest BCUT2D eigenvalue weighted by molar-refractivity contribution is -0.119. The number of nitrogens with zero attached hydrogens (tertiary/aromatic N) is 4. The van der Waals surface area contributed by atoms with Gasteiger partial charge in [-0.05, 0) is 68.0 Å². The van der Waals surface area contributed by atoms with Crippen LogP contribution in [0.5, 0.6) is 0 Å². The van der Waals surface area contributed by atoms with Gasteiger partial charge < -0.3 is 10.2 Å². The summed E-state index contributed by atoms with van der Waals surface area (Å²) in [5.74, 6) is 0.0395. The molecule has 1 aromatic carbocycles. The van der Waals surface area contributed by atoms with E-state index in [1.165, 1.54) is 6.92 Å². The number of pyridine rings is 1. The number of fused-ring (bicyclic) bond motifs is 1. The van der Waals surface area contributed by atoms with E-state index in [-0.39, 0.29) is 22.6 Å². The summed E-state index contributed by atoms with van der Waals surface area (Å²) < 4.78 is 29.6. The smallest absolute Gasteiger partial charge is 0.257 e. The standard InChI is InChI=1S/C26H33N5O4S/c1-4-29(5-2)26(33)24-18-28-31-15-12-22(16-25(24)31)21-10-13-30(14-11-21)36(34,35)23-8-6-20(7-9-23)17-27-19(3)32/h6-9,12,15-16,18,21H,4-5,10-11,13-14,17H2,1-3H3,(H,27,32). The maximum Gasteiger partial charge on any atom is 0.257 e. The van der Waals surface area contributed by atoms with Gasteiger partial charge in [0.2, 0.25) is 15.9 Å². The molecule has 1 aliphatic rings. The molecular formula is C26H33N5O4S. The molecule has 0 spiro atoms. The Balaban J connectivity index is 1.45. The molecule has 36 heavy (non-hydrogen) atoms. The van der Waals surface area contributed by atoms with Crippen LogP contribution in [0.1, 0.15) is 61.0 Å². The summed E-state index contributed by atoms with van der Waals surface area (Å²) in [4.78, 5) is 26.1. The second kappa shape index (κ2) is 10.8. The fraction of sp³-hybridized carbons (Fsp3) is 0.423. The van der Waals surface area contributed by atoms with Crippen molar-refractivity contribution in [3.63, 3.8) is 0 Å². The van der Waals surface area contributed by atoms with E-state index in [1.807, 2.05) is 32.2 Å². The van der Waals surface area contributed by atoms with E-state index in [2.05, 4.69) is 10.4 Å². The molecule has 1 saturated heterocycles. The minimum Gasteiger partial charge on any atom is -0.352 e. The summed E-state index contributed by atoms with van der Waals surface area (Å²) in [5, 5.41) is 7.05. The van der Waals surface area contributed by atoms with Gasteiger partial charge in [-0.3, -0.25) is 9.59 Å². The van der Waals surface area contributed by atoms with Crippen LogP contribution in [-0.4, -0.2) is 65.2 Å². The van der Waals surface area contributed by atoms with Crippen molar-refractivity contribution in [1.82, 2.24) is 24.1 Å². The first kappa shape index (κ1) is 25.8. The summed E-state index contributed by atoms with van der Waals surface area (Å²) in [6, 6.07) is 10.7. The molecule has 0 bridgehead atoms. The number of amides is 2. The Labute approximate surface area is 212 Å². The first-order chi connectivity index (χ1) is 17.2. The van der Waals surface area contributed by atoms with Crippen LogP contribution >= 0.6 is 0 Å². The van der Waals surface area contributed by atoms with E-state index in [0.717, 1.165) is 16.6 Å². The van der Waals surface area contributed by atoms with Gasteiger partial charge in [0, 0.05) is 45.8 Å². The Morgan fingerprint density at radius 3 is 2.36 bits per heavy atom. The molecule has 0 atom stereocenters. The molecule has 1 aliphatic heterocycles. The third-order valence-electron chi connectivity index (χ3n) is 6.85. The third-order valence-corrected chi connectivity index (χ3v) is 8.77. The van der Waals surface area contributed by atoms with Crippen molar-refractivity contribution >= 4 is 27.4 Å². The van der Waals surface area contributed by atoms with Crippen molar-refractivity contribution in [2.24, 2.45) is 0 Å². The largest absolute Gasteiger partial charge is 0.352 e. The first-order valence-electron chi connectivity index (χ1n) is 12.3. The maximum atomic E-state index is 13.2. The van der Waals surface area contributed by atoms with Gasteiger partial charge in [0.15, 0.2) is 0 Å². The number of rotatable bonds is 8. The quantitative estimate of drug-likeness (QED) is 0.501. The van der Waals surface area contributed by atoms with Crippen LogP contribution in [0, 0.1) is 0 Å². The Bertz CT molecular complexity index is 1340. The number of aromatic nitrogens is 2. The van der Waals surface area contributed by atoms with Crippen molar-refractivity contribution in [2.75, 3.05) is 26.2 Å². The Morgan fingerprint density at radius 1 is 1.08 bits per heavy atom. The zero-order chi connectivity index (χ0) is 25.9. The van der Waals surface area contributed by atoms with Gasteiger partial charge in [-0.1, -0.05) is 12.1 Å². The predicted molar refractivity (Wildman–Crippen MR) is 137 cm³/mol. The van der Waals surface area contributed by atoms with Crippen LogP contribution in [0.2, 0.25) is 0 Å². The molecule has 0 radical (unpaired) electrons. The second-order valence-electron chi connectivity index (χ2n) is 9.06. The Morgan fingerprint density at radius 2 is 1.75 bits per heavy atom. The van der Waals surface area contributed by atoms with Gasteiger partial charge in [-0.2, -0.15) is 9.40 Å². The van der Waals surface area contributed by atoms with Crippen LogP contribution < -0.4 is 5.32 Å². The molecule has 3 heterocycles. The van der Waals surface area contributed by atoms with E-state index in [4.69, 9.17) is 0 Å². The molecule has 1 fully saturated rings. The van der Waals surface area contributed by atoms with Crippen LogP contribution in [-0.2, 0) is 21.4 Å². The highest BCUT2D eigenvalue weighted by Crippen LogP contribution is 2.32. The predicted octanol–water partition coefficient (Wildman–Crippen LogP) is 3.02. The number of nitrogens with one attached hydrogen (secondary N) is 1.